The zero-order valence-corrected chi connectivity index (χ0v) is 14.5. The number of aryl methyl sites for hydroxylation is 1. The molecule has 1 aromatic heterocycles. The van der Waals surface area contributed by atoms with Crippen molar-refractivity contribution in [1.29, 1.82) is 0 Å². The molecule has 1 fully saturated rings. The van der Waals surface area contributed by atoms with E-state index in [2.05, 4.69) is 15.4 Å². The summed E-state index contributed by atoms with van der Waals surface area (Å²) in [6.45, 7) is 1.69. The van der Waals surface area contributed by atoms with E-state index in [4.69, 9.17) is 11.6 Å². The molecule has 8 heteroatoms. The predicted molar refractivity (Wildman–Crippen MR) is 98.1 cm³/mol. The first-order valence-electron chi connectivity index (χ1n) is 7.97. The van der Waals surface area contributed by atoms with Crippen LogP contribution in [0.2, 0.25) is 0 Å². The second-order valence-electron chi connectivity index (χ2n) is 6.11. The van der Waals surface area contributed by atoms with Crippen LogP contribution in [0, 0.1) is 6.92 Å². The zero-order chi connectivity index (χ0) is 18.4. The van der Waals surface area contributed by atoms with Gasteiger partial charge in [0.1, 0.15) is 11.8 Å². The number of ketones is 1. The van der Waals surface area contributed by atoms with E-state index in [-0.39, 0.29) is 23.0 Å². The van der Waals surface area contributed by atoms with Gasteiger partial charge in [0.05, 0.1) is 0 Å². The van der Waals surface area contributed by atoms with Gasteiger partial charge in [-0.05, 0) is 23.8 Å². The molecule has 0 radical (unpaired) electrons. The van der Waals surface area contributed by atoms with Crippen molar-refractivity contribution in [3.63, 3.8) is 0 Å². The SMILES string of the molecule is Cc1cc(=O)[nH]c(NN2[C@@H](c3c(O)ccc4ccccc34)C(=O)[C@@H]2Cl)n1. The van der Waals surface area contributed by atoms with Crippen LogP contribution in [-0.4, -0.2) is 31.4 Å². The number of carbonyl (C=O) groups excluding carboxylic acids is 1. The van der Waals surface area contributed by atoms with Gasteiger partial charge in [0.15, 0.2) is 11.3 Å². The van der Waals surface area contributed by atoms with Gasteiger partial charge in [0.25, 0.3) is 5.56 Å². The fraction of sp³-hybridized carbons (Fsp3) is 0.167. The molecule has 0 saturated carbocycles. The molecule has 1 aliphatic heterocycles. The number of H-pyrrole nitrogens is 1. The summed E-state index contributed by atoms with van der Waals surface area (Å²) >= 11 is 6.16. The van der Waals surface area contributed by atoms with Crippen LogP contribution in [0.3, 0.4) is 0 Å². The smallest absolute Gasteiger partial charge is 0.252 e. The number of hydrogen-bond acceptors (Lipinski definition) is 6. The summed E-state index contributed by atoms with van der Waals surface area (Å²) < 4.78 is 0. The van der Waals surface area contributed by atoms with Crippen LogP contribution in [0.15, 0.2) is 47.3 Å². The molecule has 132 valence electrons. The number of aromatic nitrogens is 2. The Balaban J connectivity index is 1.77. The maximum Gasteiger partial charge on any atom is 0.252 e. The summed E-state index contributed by atoms with van der Waals surface area (Å²) in [5.74, 6) is -0.0678. The number of halogens is 1. The van der Waals surface area contributed by atoms with Crippen LogP contribution < -0.4 is 11.0 Å². The molecule has 2 atom stereocenters. The van der Waals surface area contributed by atoms with Gasteiger partial charge in [0.2, 0.25) is 5.95 Å². The number of alkyl halides is 1. The number of phenolic OH excluding ortho intramolecular Hbond substituents is 1. The van der Waals surface area contributed by atoms with Crippen molar-refractivity contribution < 1.29 is 9.90 Å². The lowest BCUT2D eigenvalue weighted by Crippen LogP contribution is -2.59. The number of aromatic hydroxyl groups is 1. The van der Waals surface area contributed by atoms with E-state index in [9.17, 15) is 14.7 Å². The minimum Gasteiger partial charge on any atom is -0.508 e. The number of Topliss-reactive ketones (excluding diaryl/α,β-unsaturated/α-hetero) is 1. The third kappa shape index (κ3) is 2.61. The first-order chi connectivity index (χ1) is 12.5. The zero-order valence-electron chi connectivity index (χ0n) is 13.7. The lowest BCUT2D eigenvalue weighted by molar-refractivity contribution is -0.137. The molecular weight excluding hydrogens is 356 g/mol. The largest absolute Gasteiger partial charge is 0.508 e. The van der Waals surface area contributed by atoms with E-state index in [1.807, 2.05) is 24.3 Å². The van der Waals surface area contributed by atoms with Crippen LogP contribution in [0.1, 0.15) is 17.3 Å². The molecule has 0 unspecified atom stereocenters. The Morgan fingerprint density at radius 2 is 2.00 bits per heavy atom. The number of carbonyl (C=O) groups is 1. The van der Waals surface area contributed by atoms with Crippen molar-refractivity contribution in [1.82, 2.24) is 15.0 Å². The van der Waals surface area contributed by atoms with Gasteiger partial charge in [-0.1, -0.05) is 41.9 Å². The molecule has 0 aliphatic carbocycles. The number of hydrazine groups is 1. The third-order valence-corrected chi connectivity index (χ3v) is 4.78. The molecule has 7 nitrogen and oxygen atoms in total. The second kappa shape index (κ2) is 6.12. The van der Waals surface area contributed by atoms with Crippen LogP contribution in [-0.2, 0) is 4.79 Å². The average Bonchev–Trinajstić information content (AvgIpc) is 2.62. The summed E-state index contributed by atoms with van der Waals surface area (Å²) in [6, 6.07) is 11.4. The van der Waals surface area contributed by atoms with Crippen molar-refractivity contribution in [3.05, 3.63) is 64.1 Å². The van der Waals surface area contributed by atoms with E-state index >= 15 is 0 Å². The van der Waals surface area contributed by atoms with Gasteiger partial charge in [-0.25, -0.2) is 4.98 Å². The van der Waals surface area contributed by atoms with Crippen LogP contribution >= 0.6 is 11.6 Å². The third-order valence-electron chi connectivity index (χ3n) is 4.35. The molecule has 3 aromatic rings. The number of nitrogens with zero attached hydrogens (tertiary/aromatic N) is 2. The van der Waals surface area contributed by atoms with Gasteiger partial charge in [-0.15, -0.1) is 0 Å². The molecule has 2 aromatic carbocycles. The Bertz CT molecular complexity index is 1080. The lowest BCUT2D eigenvalue weighted by Gasteiger charge is -2.43. The highest BCUT2D eigenvalue weighted by molar-refractivity contribution is 6.34. The number of benzene rings is 2. The highest BCUT2D eigenvalue weighted by atomic mass is 35.5. The normalized spacial score (nSPS) is 20.2. The lowest BCUT2D eigenvalue weighted by atomic mass is 9.90. The topological polar surface area (TPSA) is 98.3 Å². The molecule has 1 aliphatic rings. The molecule has 26 heavy (non-hydrogen) atoms. The van der Waals surface area contributed by atoms with Gasteiger partial charge in [-0.2, -0.15) is 5.01 Å². The fourth-order valence-electron chi connectivity index (χ4n) is 3.18. The molecule has 0 amide bonds. The van der Waals surface area contributed by atoms with Crippen LogP contribution in [0.25, 0.3) is 10.8 Å². The Morgan fingerprint density at radius 1 is 1.23 bits per heavy atom. The average molecular weight is 371 g/mol. The summed E-state index contributed by atoms with van der Waals surface area (Å²) in [4.78, 5) is 30.8. The van der Waals surface area contributed by atoms with Crippen LogP contribution in [0.4, 0.5) is 5.95 Å². The van der Waals surface area contributed by atoms with Gasteiger partial charge < -0.3 is 5.11 Å². The predicted octanol–water partition coefficient (Wildman–Crippen LogP) is 2.45. The first kappa shape index (κ1) is 16.6. The van der Waals surface area contributed by atoms with Crippen molar-refractivity contribution in [2.45, 2.75) is 18.5 Å². The highest BCUT2D eigenvalue weighted by Gasteiger charge is 2.49. The minimum absolute atomic E-state index is 0.00288. The fourth-order valence-corrected chi connectivity index (χ4v) is 3.46. The molecular formula is C18H15ClN4O3. The second-order valence-corrected chi connectivity index (χ2v) is 6.53. The minimum atomic E-state index is -0.941. The number of aromatic amines is 1. The molecule has 3 N–H and O–H groups in total. The number of rotatable bonds is 3. The van der Waals surface area contributed by atoms with E-state index in [1.54, 1.807) is 19.1 Å². The molecule has 4 rings (SSSR count). The maximum absolute atomic E-state index is 12.5. The van der Waals surface area contributed by atoms with E-state index < -0.39 is 11.5 Å². The molecule has 0 bridgehead atoms. The monoisotopic (exact) mass is 370 g/mol. The van der Waals surface area contributed by atoms with E-state index in [1.165, 1.54) is 11.1 Å². The number of hydrogen-bond donors (Lipinski definition) is 3. The van der Waals surface area contributed by atoms with Gasteiger partial charge in [0, 0.05) is 17.3 Å². The Labute approximate surface area is 153 Å². The highest BCUT2D eigenvalue weighted by Crippen LogP contribution is 2.43. The summed E-state index contributed by atoms with van der Waals surface area (Å²) in [7, 11) is 0. The summed E-state index contributed by atoms with van der Waals surface area (Å²) in [6.07, 6.45) is 0. The van der Waals surface area contributed by atoms with E-state index in [0.717, 1.165) is 10.8 Å². The van der Waals surface area contributed by atoms with Crippen LogP contribution in [0.5, 0.6) is 5.75 Å². The quantitative estimate of drug-likeness (QED) is 0.484. The number of fused-ring (bicyclic) bond motifs is 1. The molecule has 1 saturated heterocycles. The van der Waals surface area contributed by atoms with Crippen molar-refractivity contribution in [3.8, 4) is 5.75 Å². The Hall–Kier alpha value is -2.90. The number of phenols is 1. The van der Waals surface area contributed by atoms with Crippen molar-refractivity contribution in [2.75, 3.05) is 5.43 Å². The molecule has 2 heterocycles. The summed E-state index contributed by atoms with van der Waals surface area (Å²) in [5, 5.41) is 13.5. The molecule has 0 spiro atoms. The Kier molecular flexibility index (Phi) is 3.90. The van der Waals surface area contributed by atoms with Gasteiger partial charge >= 0.3 is 0 Å². The van der Waals surface area contributed by atoms with Gasteiger partial charge in [-0.3, -0.25) is 20.0 Å². The van der Waals surface area contributed by atoms with E-state index in [0.29, 0.717) is 11.3 Å². The number of anilines is 1. The maximum atomic E-state index is 12.5. The summed E-state index contributed by atoms with van der Waals surface area (Å²) in [5.41, 5.74) is 2.62. The standard InChI is InChI=1S/C18H15ClN4O3/c1-9-8-13(25)21-18(20-9)22-23-15(16(26)17(23)19)14-11-5-3-2-4-10(11)6-7-12(14)24/h2-8,15,17,24H,1H3,(H2,20,21,22,25)/t15-,17+/m0/s1. The first-order valence-corrected chi connectivity index (χ1v) is 8.41. The van der Waals surface area contributed by atoms with Crippen molar-refractivity contribution >= 4 is 34.1 Å². The number of nitrogens with one attached hydrogen (secondary N) is 2. The Morgan fingerprint density at radius 3 is 2.77 bits per heavy atom. The van der Waals surface area contributed by atoms with Crippen molar-refractivity contribution in [2.24, 2.45) is 0 Å².